The number of aromatic nitrogens is 1. The molecule has 3 rings (SSSR count). The molecular weight excluding hydrogens is 490 g/mol. The van der Waals surface area contributed by atoms with Gasteiger partial charge in [0.05, 0.1) is 41.4 Å². The number of Topliss-reactive ketones (excluding diaryl/α,β-unsaturated/α-hetero) is 1. The van der Waals surface area contributed by atoms with Crippen LogP contribution in [0.25, 0.3) is 6.08 Å². The van der Waals surface area contributed by atoms with Crippen LogP contribution in [0.1, 0.15) is 79.3 Å². The predicted octanol–water partition coefficient (Wildman–Crippen LogP) is 4.83. The Hall–Kier alpha value is -1.74. The molecule has 0 spiro atoms. The van der Waals surface area contributed by atoms with Gasteiger partial charge in [-0.15, -0.1) is 11.8 Å². The molecule has 0 aliphatic carbocycles. The van der Waals surface area contributed by atoms with E-state index in [9.17, 15) is 19.8 Å². The van der Waals surface area contributed by atoms with Crippen molar-refractivity contribution in [3.05, 3.63) is 29.6 Å². The van der Waals surface area contributed by atoms with E-state index in [4.69, 9.17) is 9.47 Å². The van der Waals surface area contributed by atoms with Crippen LogP contribution in [-0.4, -0.2) is 63.2 Å². The summed E-state index contributed by atoms with van der Waals surface area (Å²) in [5.74, 6) is -1.57. The minimum Gasteiger partial charge on any atom is -0.458 e. The van der Waals surface area contributed by atoms with Crippen LogP contribution in [-0.2, 0) is 19.1 Å². The molecule has 2 aliphatic rings. The second-order valence-corrected chi connectivity index (χ2v) is 12.5. The van der Waals surface area contributed by atoms with Gasteiger partial charge in [0.1, 0.15) is 11.9 Å². The molecule has 0 radical (unpaired) electrons. The van der Waals surface area contributed by atoms with Gasteiger partial charge < -0.3 is 19.7 Å². The number of esters is 1. The maximum absolute atomic E-state index is 13.3. The molecule has 2 N–H and O–H groups in total. The summed E-state index contributed by atoms with van der Waals surface area (Å²) >= 11 is 1.62. The lowest BCUT2D eigenvalue weighted by Gasteiger charge is -2.34. The van der Waals surface area contributed by atoms with Crippen molar-refractivity contribution in [1.29, 1.82) is 0 Å². The molecule has 1 aromatic rings. The van der Waals surface area contributed by atoms with Crippen molar-refractivity contribution in [2.24, 2.45) is 17.3 Å². The van der Waals surface area contributed by atoms with Crippen molar-refractivity contribution in [2.75, 3.05) is 6.26 Å². The van der Waals surface area contributed by atoms with Crippen LogP contribution in [0.15, 0.2) is 28.8 Å². The van der Waals surface area contributed by atoms with Gasteiger partial charge in [0.2, 0.25) is 0 Å². The van der Waals surface area contributed by atoms with Gasteiger partial charge >= 0.3 is 5.97 Å². The molecule has 206 valence electrons. The van der Waals surface area contributed by atoms with Gasteiger partial charge in [0.15, 0.2) is 0 Å². The smallest absolute Gasteiger partial charge is 0.309 e. The van der Waals surface area contributed by atoms with E-state index in [-0.39, 0.29) is 29.8 Å². The lowest BCUT2D eigenvalue weighted by Crippen LogP contribution is -2.45. The molecular formula is C29H43NO6S. The van der Waals surface area contributed by atoms with Crippen LogP contribution in [0, 0.1) is 17.3 Å². The van der Waals surface area contributed by atoms with Gasteiger partial charge in [0.25, 0.3) is 0 Å². The highest BCUT2D eigenvalue weighted by atomic mass is 32.2. The van der Waals surface area contributed by atoms with Crippen LogP contribution in [0.5, 0.6) is 0 Å². The Bertz CT molecular complexity index is 993. The zero-order valence-electron chi connectivity index (χ0n) is 23.2. The maximum atomic E-state index is 13.3. The number of ketones is 1. The zero-order chi connectivity index (χ0) is 27.5. The average molecular weight is 534 g/mol. The van der Waals surface area contributed by atoms with E-state index < -0.39 is 35.6 Å². The second-order valence-electron chi connectivity index (χ2n) is 11.6. The number of thioether (sulfide) groups is 1. The molecule has 0 aromatic carbocycles. The number of pyridine rings is 1. The molecule has 37 heavy (non-hydrogen) atoms. The first-order chi connectivity index (χ1) is 17.3. The van der Waals surface area contributed by atoms with Crippen molar-refractivity contribution in [1.82, 2.24) is 4.98 Å². The number of nitrogens with zero attached hydrogens (tertiary/aromatic N) is 1. The van der Waals surface area contributed by atoms with Crippen molar-refractivity contribution in [3.8, 4) is 0 Å². The third kappa shape index (κ3) is 7.22. The third-order valence-corrected chi connectivity index (χ3v) is 9.00. The molecule has 0 amide bonds. The maximum Gasteiger partial charge on any atom is 0.309 e. The molecule has 1 unspecified atom stereocenters. The molecule has 3 heterocycles. The molecule has 2 fully saturated rings. The molecule has 1 aromatic heterocycles. The first-order valence-electron chi connectivity index (χ1n) is 13.2. The topological polar surface area (TPSA) is 109 Å². The van der Waals surface area contributed by atoms with E-state index in [1.165, 1.54) is 0 Å². The highest BCUT2D eigenvalue weighted by Gasteiger charge is 2.53. The van der Waals surface area contributed by atoms with Crippen molar-refractivity contribution in [2.45, 2.75) is 109 Å². The highest BCUT2D eigenvalue weighted by Crippen LogP contribution is 2.45. The highest BCUT2D eigenvalue weighted by molar-refractivity contribution is 7.98. The van der Waals surface area contributed by atoms with Crippen LogP contribution >= 0.6 is 11.8 Å². The van der Waals surface area contributed by atoms with E-state index in [1.807, 2.05) is 44.5 Å². The summed E-state index contributed by atoms with van der Waals surface area (Å²) in [6.07, 6.45) is 5.68. The summed E-state index contributed by atoms with van der Waals surface area (Å²) in [6.45, 7) is 10.9. The van der Waals surface area contributed by atoms with Gasteiger partial charge in [-0.25, -0.2) is 0 Å². The first kappa shape index (κ1) is 29.8. The Balaban J connectivity index is 1.86. The number of epoxide rings is 1. The molecule has 0 bridgehead atoms. The Kier molecular flexibility index (Phi) is 9.65. The van der Waals surface area contributed by atoms with E-state index >= 15 is 0 Å². The van der Waals surface area contributed by atoms with Crippen molar-refractivity contribution >= 4 is 29.6 Å². The van der Waals surface area contributed by atoms with Gasteiger partial charge in [0, 0.05) is 23.4 Å². The summed E-state index contributed by atoms with van der Waals surface area (Å²) in [4.78, 5) is 31.8. The third-order valence-electron chi connectivity index (χ3n) is 8.29. The number of fused-ring (bicyclic) bond motifs is 1. The van der Waals surface area contributed by atoms with Crippen LogP contribution in [0.2, 0.25) is 0 Å². The summed E-state index contributed by atoms with van der Waals surface area (Å²) in [7, 11) is 0. The number of carbonyl (C=O) groups is 2. The van der Waals surface area contributed by atoms with Gasteiger partial charge in [-0.1, -0.05) is 34.1 Å². The SMILES string of the molecule is CSc1ccc(/C=C(\C)[C@@H]2CC3O[C@]3(C)CCC[C@H](C)[C@H](O)[C@@H](C)C(=O)C(C)(C)[C@@H](O)CC(=O)O2)nc1. The minimum atomic E-state index is -1.24. The number of aliphatic hydroxyl groups is 2. The fraction of sp³-hybridized carbons (Fsp3) is 0.690. The summed E-state index contributed by atoms with van der Waals surface area (Å²) in [5.41, 5.74) is 0.0872. The Morgan fingerprint density at radius 1 is 1.19 bits per heavy atom. The molecule has 7 atom stereocenters. The van der Waals surface area contributed by atoms with Gasteiger partial charge in [-0.3, -0.25) is 14.6 Å². The Labute approximate surface area is 225 Å². The van der Waals surface area contributed by atoms with Crippen molar-refractivity contribution in [3.63, 3.8) is 0 Å². The number of rotatable bonds is 3. The standard InChI is InChI=1S/C29H43NO6S/c1-17-9-8-12-29(6)24(36-29)14-22(18(2)13-20-10-11-21(37-7)16-30-20)35-25(32)15-23(31)28(4,5)27(34)19(3)26(17)33/h10-11,13,16-17,19,22-24,26,31,33H,8-9,12,14-15H2,1-7H3/b18-13+/t17-,19+,22-,23-,24?,26-,29+/m0/s1. The monoisotopic (exact) mass is 533 g/mol. The number of carbonyl (C=O) groups excluding carboxylic acids is 2. The lowest BCUT2D eigenvalue weighted by atomic mass is 9.73. The van der Waals surface area contributed by atoms with Crippen LogP contribution < -0.4 is 0 Å². The first-order valence-corrected chi connectivity index (χ1v) is 14.5. The lowest BCUT2D eigenvalue weighted by molar-refractivity contribution is -0.154. The van der Waals surface area contributed by atoms with Gasteiger partial charge in [-0.2, -0.15) is 0 Å². The molecule has 2 aliphatic heterocycles. The Morgan fingerprint density at radius 2 is 1.89 bits per heavy atom. The van der Waals surface area contributed by atoms with E-state index in [1.54, 1.807) is 32.5 Å². The number of cyclic esters (lactones) is 1. The zero-order valence-corrected chi connectivity index (χ0v) is 24.0. The number of ether oxygens (including phenoxy) is 2. The molecule has 8 heteroatoms. The summed E-state index contributed by atoms with van der Waals surface area (Å²) in [6, 6.07) is 3.93. The number of hydrogen-bond donors (Lipinski definition) is 2. The average Bonchev–Trinajstić information content (AvgIpc) is 3.50. The predicted molar refractivity (Wildman–Crippen MR) is 145 cm³/mol. The summed E-state index contributed by atoms with van der Waals surface area (Å²) < 4.78 is 12.0. The van der Waals surface area contributed by atoms with Crippen molar-refractivity contribution < 1.29 is 29.3 Å². The summed E-state index contributed by atoms with van der Waals surface area (Å²) in [5, 5.41) is 21.8. The fourth-order valence-electron chi connectivity index (χ4n) is 5.22. The van der Waals surface area contributed by atoms with Crippen LogP contribution in [0.4, 0.5) is 0 Å². The van der Waals surface area contributed by atoms with Gasteiger partial charge in [-0.05, 0) is 62.6 Å². The Morgan fingerprint density at radius 3 is 2.51 bits per heavy atom. The second kappa shape index (κ2) is 12.0. The molecule has 2 saturated heterocycles. The molecule has 0 saturated carbocycles. The van der Waals surface area contributed by atoms with E-state index in [2.05, 4.69) is 11.9 Å². The number of hydrogen-bond acceptors (Lipinski definition) is 8. The molecule has 7 nitrogen and oxygen atoms in total. The number of aliphatic hydroxyl groups excluding tert-OH is 2. The fourth-order valence-corrected chi connectivity index (χ4v) is 5.58. The quantitative estimate of drug-likeness (QED) is 0.323. The minimum absolute atomic E-state index is 0.0597. The van der Waals surface area contributed by atoms with Crippen LogP contribution in [0.3, 0.4) is 0 Å². The van der Waals surface area contributed by atoms with E-state index in [0.717, 1.165) is 35.4 Å². The normalized spacial score (nSPS) is 36.0. The largest absolute Gasteiger partial charge is 0.458 e. The van der Waals surface area contributed by atoms with E-state index in [0.29, 0.717) is 6.42 Å².